The van der Waals surface area contributed by atoms with Gasteiger partial charge in [-0.15, -0.1) is 0 Å². The molecule has 9 aromatic carbocycles. The fraction of sp³-hybridized carbons (Fsp3) is 0.0545. The van der Waals surface area contributed by atoms with Crippen LogP contribution >= 0.6 is 0 Å². The van der Waals surface area contributed by atoms with Crippen molar-refractivity contribution in [2.45, 2.75) is 19.3 Å². The summed E-state index contributed by atoms with van der Waals surface area (Å²) in [7, 11) is 0. The maximum atomic E-state index is 2.45. The molecule has 2 heteroatoms. The first-order chi connectivity index (χ1) is 28.0. The molecule has 1 aliphatic rings. The molecular formula is C55H42N2. The van der Waals surface area contributed by atoms with Gasteiger partial charge in [0.15, 0.2) is 0 Å². The van der Waals surface area contributed by atoms with E-state index in [0.717, 1.165) is 39.6 Å². The molecule has 57 heavy (non-hydrogen) atoms. The average molecular weight is 731 g/mol. The highest BCUT2D eigenvalue weighted by Crippen LogP contribution is 2.51. The molecule has 0 fully saturated rings. The van der Waals surface area contributed by atoms with E-state index in [9.17, 15) is 0 Å². The molecular weight excluding hydrogens is 689 g/mol. The summed E-state index contributed by atoms with van der Waals surface area (Å²) < 4.78 is 0. The highest BCUT2D eigenvalue weighted by molar-refractivity contribution is 6.14. The molecule has 0 saturated carbocycles. The lowest BCUT2D eigenvalue weighted by Gasteiger charge is -2.29. The molecule has 0 aromatic heterocycles. The van der Waals surface area contributed by atoms with Crippen LogP contribution in [0, 0.1) is 0 Å². The van der Waals surface area contributed by atoms with Crippen molar-refractivity contribution in [3.05, 3.63) is 229 Å². The quantitative estimate of drug-likeness (QED) is 0.113. The number of para-hydroxylation sites is 2. The predicted octanol–water partition coefficient (Wildman–Crippen LogP) is 15.4. The summed E-state index contributed by atoms with van der Waals surface area (Å²) >= 11 is 0. The Kier molecular flexibility index (Phi) is 8.53. The highest BCUT2D eigenvalue weighted by atomic mass is 15.1. The Bertz CT molecular complexity index is 2870. The Morgan fingerprint density at radius 3 is 1.47 bits per heavy atom. The van der Waals surface area contributed by atoms with Crippen LogP contribution in [0.2, 0.25) is 0 Å². The molecule has 0 heterocycles. The molecule has 0 amide bonds. The lowest BCUT2D eigenvalue weighted by molar-refractivity contribution is 0.660. The first-order valence-electron chi connectivity index (χ1n) is 19.8. The van der Waals surface area contributed by atoms with Gasteiger partial charge in [-0.1, -0.05) is 166 Å². The van der Waals surface area contributed by atoms with Gasteiger partial charge in [0.05, 0.1) is 5.69 Å². The van der Waals surface area contributed by atoms with E-state index in [0.29, 0.717) is 0 Å². The van der Waals surface area contributed by atoms with Crippen molar-refractivity contribution < 1.29 is 0 Å². The van der Waals surface area contributed by atoms with Gasteiger partial charge in [-0.25, -0.2) is 0 Å². The second-order valence-corrected chi connectivity index (χ2v) is 15.4. The molecule has 0 aliphatic heterocycles. The Morgan fingerprint density at radius 1 is 0.351 bits per heavy atom. The van der Waals surface area contributed by atoms with E-state index in [1.165, 1.54) is 49.5 Å². The third kappa shape index (κ3) is 6.16. The highest BCUT2D eigenvalue weighted by Gasteiger charge is 2.35. The molecule has 0 N–H and O–H groups in total. The van der Waals surface area contributed by atoms with Gasteiger partial charge in [-0.05, 0) is 116 Å². The van der Waals surface area contributed by atoms with Crippen LogP contribution in [0.4, 0.5) is 34.1 Å². The second kappa shape index (κ2) is 14.2. The van der Waals surface area contributed by atoms with E-state index >= 15 is 0 Å². The number of hydrogen-bond donors (Lipinski definition) is 0. The number of benzene rings is 9. The van der Waals surface area contributed by atoms with E-state index in [2.05, 4.69) is 242 Å². The molecule has 272 valence electrons. The topological polar surface area (TPSA) is 6.48 Å². The molecule has 10 rings (SSSR count). The molecule has 0 radical (unpaired) electrons. The summed E-state index contributed by atoms with van der Waals surface area (Å²) in [6.45, 7) is 4.71. The van der Waals surface area contributed by atoms with Gasteiger partial charge >= 0.3 is 0 Å². The fourth-order valence-corrected chi connectivity index (χ4v) is 8.74. The van der Waals surface area contributed by atoms with Crippen LogP contribution in [0.25, 0.3) is 44.8 Å². The predicted molar refractivity (Wildman–Crippen MR) is 244 cm³/mol. The van der Waals surface area contributed by atoms with Gasteiger partial charge in [0.2, 0.25) is 0 Å². The Hall–Kier alpha value is -7.16. The standard InChI is InChI=1S/C55H42N2/c1-55(2)52-24-14-13-22-49(52)50-36-35-46(38-53(50)55)57(54-37-41-15-9-10-20-47(41)48-21-11-12-23-51(48)54)45-33-29-40(30-34-45)26-25-39-27-31-44(32-28-39)56(42-16-5-3-6-17-42)43-18-7-4-8-19-43/h3-38H,1-2H3. The second-order valence-electron chi connectivity index (χ2n) is 15.4. The van der Waals surface area contributed by atoms with E-state index in [1.54, 1.807) is 0 Å². The molecule has 0 spiro atoms. The average Bonchev–Trinajstić information content (AvgIpc) is 3.50. The largest absolute Gasteiger partial charge is 0.311 e. The molecule has 0 unspecified atom stereocenters. The number of hydrogen-bond acceptors (Lipinski definition) is 2. The lowest BCUT2D eigenvalue weighted by Crippen LogP contribution is -2.16. The van der Waals surface area contributed by atoms with E-state index in [4.69, 9.17) is 0 Å². The van der Waals surface area contributed by atoms with Crippen LogP contribution in [0.1, 0.15) is 36.1 Å². The summed E-state index contributed by atoms with van der Waals surface area (Å²) in [4.78, 5) is 4.74. The monoisotopic (exact) mass is 730 g/mol. The van der Waals surface area contributed by atoms with Gasteiger partial charge in [0.25, 0.3) is 0 Å². The van der Waals surface area contributed by atoms with Crippen molar-refractivity contribution in [1.82, 2.24) is 0 Å². The Labute approximate surface area is 335 Å². The number of rotatable bonds is 8. The van der Waals surface area contributed by atoms with Crippen LogP contribution in [0.3, 0.4) is 0 Å². The first-order valence-corrected chi connectivity index (χ1v) is 19.8. The van der Waals surface area contributed by atoms with Gasteiger partial charge < -0.3 is 9.80 Å². The summed E-state index contributed by atoms with van der Waals surface area (Å²) in [6, 6.07) is 74.7. The summed E-state index contributed by atoms with van der Waals surface area (Å²) in [5.74, 6) is 0. The summed E-state index contributed by atoms with van der Waals surface area (Å²) in [5, 5.41) is 4.98. The van der Waals surface area contributed by atoms with Crippen molar-refractivity contribution in [3.63, 3.8) is 0 Å². The Balaban J connectivity index is 1.02. The summed E-state index contributed by atoms with van der Waals surface area (Å²) in [6.07, 6.45) is 4.40. The van der Waals surface area contributed by atoms with Crippen molar-refractivity contribution in [3.8, 4) is 11.1 Å². The third-order valence-electron chi connectivity index (χ3n) is 11.6. The van der Waals surface area contributed by atoms with Crippen LogP contribution in [-0.2, 0) is 5.41 Å². The van der Waals surface area contributed by atoms with Crippen molar-refractivity contribution >= 4 is 67.8 Å². The minimum absolute atomic E-state index is 0.104. The van der Waals surface area contributed by atoms with Gasteiger partial charge in [-0.3, -0.25) is 0 Å². The van der Waals surface area contributed by atoms with Crippen LogP contribution in [0.5, 0.6) is 0 Å². The summed E-state index contributed by atoms with van der Waals surface area (Å²) in [5.41, 5.74) is 14.4. The van der Waals surface area contributed by atoms with Gasteiger partial charge in [0.1, 0.15) is 0 Å². The van der Waals surface area contributed by atoms with Crippen molar-refractivity contribution in [1.29, 1.82) is 0 Å². The van der Waals surface area contributed by atoms with Crippen molar-refractivity contribution in [2.75, 3.05) is 9.80 Å². The zero-order chi connectivity index (χ0) is 38.3. The molecule has 0 saturated heterocycles. The third-order valence-corrected chi connectivity index (χ3v) is 11.6. The Morgan fingerprint density at radius 2 is 0.825 bits per heavy atom. The van der Waals surface area contributed by atoms with Gasteiger partial charge in [-0.2, -0.15) is 0 Å². The fourth-order valence-electron chi connectivity index (χ4n) is 8.74. The van der Waals surface area contributed by atoms with E-state index in [-0.39, 0.29) is 5.41 Å². The van der Waals surface area contributed by atoms with Crippen LogP contribution < -0.4 is 9.80 Å². The smallest absolute Gasteiger partial charge is 0.0546 e. The number of anilines is 6. The van der Waals surface area contributed by atoms with E-state index < -0.39 is 0 Å². The van der Waals surface area contributed by atoms with Gasteiger partial charge in [0, 0.05) is 39.2 Å². The van der Waals surface area contributed by atoms with Crippen LogP contribution in [0.15, 0.2) is 206 Å². The number of nitrogens with zero attached hydrogens (tertiary/aromatic N) is 2. The normalized spacial score (nSPS) is 12.8. The van der Waals surface area contributed by atoms with Crippen molar-refractivity contribution in [2.24, 2.45) is 0 Å². The molecule has 1 aliphatic carbocycles. The number of fused-ring (bicyclic) bond motifs is 6. The molecule has 9 aromatic rings. The maximum Gasteiger partial charge on any atom is 0.0546 e. The molecule has 0 atom stereocenters. The first kappa shape index (κ1) is 34.3. The minimum atomic E-state index is -0.104. The molecule has 2 nitrogen and oxygen atoms in total. The minimum Gasteiger partial charge on any atom is -0.311 e. The maximum absolute atomic E-state index is 2.45. The van der Waals surface area contributed by atoms with E-state index in [1.807, 2.05) is 0 Å². The SMILES string of the molecule is CC1(C)c2ccccc2-c2ccc(N(c3ccc(C=Cc4ccc(N(c5ccccc5)c5ccccc5)cc4)cc3)c3cc4ccccc4c4ccccc34)cc21. The van der Waals surface area contributed by atoms with Crippen LogP contribution in [-0.4, -0.2) is 0 Å². The zero-order valence-corrected chi connectivity index (χ0v) is 32.2. The lowest BCUT2D eigenvalue weighted by atomic mass is 9.82. The zero-order valence-electron chi connectivity index (χ0n) is 32.2. The molecule has 0 bridgehead atoms.